The Hall–Kier alpha value is -0.300. The van der Waals surface area contributed by atoms with Gasteiger partial charge < -0.3 is 4.74 Å². The van der Waals surface area contributed by atoms with Crippen molar-refractivity contribution < 1.29 is 4.74 Å². The topological polar surface area (TPSA) is 9.23 Å². The summed E-state index contributed by atoms with van der Waals surface area (Å²) in [5, 5.41) is 0. The third-order valence-electron chi connectivity index (χ3n) is 2.92. The second-order valence-electron chi connectivity index (χ2n) is 4.67. The maximum atomic E-state index is 5.76. The van der Waals surface area contributed by atoms with E-state index in [-0.39, 0.29) is 0 Å². The van der Waals surface area contributed by atoms with Crippen molar-refractivity contribution in [3.63, 3.8) is 0 Å². The van der Waals surface area contributed by atoms with Crippen LogP contribution in [-0.4, -0.2) is 12.7 Å². The lowest BCUT2D eigenvalue weighted by molar-refractivity contribution is 0.0559. The second kappa shape index (κ2) is 12.8. The fourth-order valence-corrected chi connectivity index (χ4v) is 1.79. The standard InChI is InChI=1S/C15H30O/c1-4-6-8-9-10-11-13-15(3)16-14-12-7-5-2/h4,15H,1,5-14H2,2-3H3. The summed E-state index contributed by atoms with van der Waals surface area (Å²) in [5.74, 6) is 0. The summed E-state index contributed by atoms with van der Waals surface area (Å²) >= 11 is 0. The third kappa shape index (κ3) is 11.8. The van der Waals surface area contributed by atoms with E-state index in [1.807, 2.05) is 6.08 Å². The number of allylic oxidation sites excluding steroid dienone is 1. The minimum absolute atomic E-state index is 0.455. The fraction of sp³-hybridized carbons (Fsp3) is 0.867. The Labute approximate surface area is 102 Å². The van der Waals surface area contributed by atoms with E-state index in [1.54, 1.807) is 0 Å². The molecule has 0 bridgehead atoms. The second-order valence-corrected chi connectivity index (χ2v) is 4.67. The summed E-state index contributed by atoms with van der Waals surface area (Å²) in [4.78, 5) is 0. The third-order valence-corrected chi connectivity index (χ3v) is 2.92. The Balaban J connectivity index is 3.10. The van der Waals surface area contributed by atoms with Crippen molar-refractivity contribution in [3.05, 3.63) is 12.7 Å². The molecule has 0 fully saturated rings. The monoisotopic (exact) mass is 226 g/mol. The first-order valence-electron chi connectivity index (χ1n) is 7.03. The molecule has 0 saturated heterocycles. The maximum Gasteiger partial charge on any atom is 0.0547 e. The molecule has 1 heteroatoms. The highest BCUT2D eigenvalue weighted by molar-refractivity contribution is 4.65. The number of hydrogen-bond donors (Lipinski definition) is 0. The van der Waals surface area contributed by atoms with E-state index >= 15 is 0 Å². The molecule has 0 rings (SSSR count). The Morgan fingerprint density at radius 1 is 1.06 bits per heavy atom. The Morgan fingerprint density at radius 3 is 2.50 bits per heavy atom. The minimum Gasteiger partial charge on any atom is -0.379 e. The summed E-state index contributed by atoms with van der Waals surface area (Å²) in [7, 11) is 0. The molecular weight excluding hydrogens is 196 g/mol. The highest BCUT2D eigenvalue weighted by Crippen LogP contribution is 2.10. The number of unbranched alkanes of at least 4 members (excludes halogenated alkanes) is 6. The fourth-order valence-electron chi connectivity index (χ4n) is 1.79. The first kappa shape index (κ1) is 15.7. The van der Waals surface area contributed by atoms with Gasteiger partial charge in [-0.3, -0.25) is 0 Å². The molecule has 16 heavy (non-hydrogen) atoms. The van der Waals surface area contributed by atoms with Crippen LogP contribution in [0, 0.1) is 0 Å². The molecule has 0 spiro atoms. The van der Waals surface area contributed by atoms with Gasteiger partial charge in [0.05, 0.1) is 6.10 Å². The predicted octanol–water partition coefficient (Wildman–Crippen LogP) is 5.11. The predicted molar refractivity (Wildman–Crippen MR) is 72.8 cm³/mol. The quantitative estimate of drug-likeness (QED) is 0.332. The van der Waals surface area contributed by atoms with Gasteiger partial charge >= 0.3 is 0 Å². The zero-order valence-electron chi connectivity index (χ0n) is 11.3. The number of rotatable bonds is 12. The molecule has 0 N–H and O–H groups in total. The van der Waals surface area contributed by atoms with Gasteiger partial charge in [-0.25, -0.2) is 0 Å². The van der Waals surface area contributed by atoms with E-state index in [1.165, 1.54) is 57.8 Å². The SMILES string of the molecule is C=CCCCCCCC(C)OCCCCC. The first-order valence-corrected chi connectivity index (χ1v) is 7.03. The molecule has 1 nitrogen and oxygen atoms in total. The lowest BCUT2D eigenvalue weighted by Crippen LogP contribution is -2.09. The molecule has 1 atom stereocenters. The molecule has 0 aromatic heterocycles. The van der Waals surface area contributed by atoms with Crippen LogP contribution in [0.1, 0.15) is 71.6 Å². The van der Waals surface area contributed by atoms with Crippen molar-refractivity contribution in [1.29, 1.82) is 0 Å². The van der Waals surface area contributed by atoms with Gasteiger partial charge in [-0.1, -0.05) is 45.1 Å². The molecule has 0 amide bonds. The largest absolute Gasteiger partial charge is 0.379 e. The molecule has 0 aliphatic heterocycles. The van der Waals surface area contributed by atoms with E-state index in [0.29, 0.717) is 6.10 Å². The summed E-state index contributed by atoms with van der Waals surface area (Å²) < 4.78 is 5.76. The van der Waals surface area contributed by atoms with E-state index in [4.69, 9.17) is 4.74 Å². The molecule has 0 aliphatic rings. The lowest BCUT2D eigenvalue weighted by Gasteiger charge is -2.12. The number of ether oxygens (including phenoxy) is 1. The molecule has 0 radical (unpaired) electrons. The summed E-state index contributed by atoms with van der Waals surface area (Å²) in [6, 6.07) is 0. The van der Waals surface area contributed by atoms with Crippen molar-refractivity contribution in [2.24, 2.45) is 0 Å². The Kier molecular flexibility index (Phi) is 12.5. The van der Waals surface area contributed by atoms with E-state index < -0.39 is 0 Å². The summed E-state index contributed by atoms with van der Waals surface area (Å²) in [6.45, 7) is 9.12. The van der Waals surface area contributed by atoms with Gasteiger partial charge in [-0.05, 0) is 32.6 Å². The Morgan fingerprint density at radius 2 is 1.81 bits per heavy atom. The molecule has 0 aromatic carbocycles. The average Bonchev–Trinajstić information content (AvgIpc) is 2.29. The lowest BCUT2D eigenvalue weighted by atomic mass is 10.1. The molecule has 96 valence electrons. The summed E-state index contributed by atoms with van der Waals surface area (Å²) in [5.41, 5.74) is 0. The van der Waals surface area contributed by atoms with Crippen LogP contribution in [0.15, 0.2) is 12.7 Å². The molecule has 0 aromatic rings. The molecular formula is C15H30O. The van der Waals surface area contributed by atoms with E-state index in [0.717, 1.165) is 6.61 Å². The molecule has 0 heterocycles. The van der Waals surface area contributed by atoms with Crippen LogP contribution >= 0.6 is 0 Å². The first-order chi connectivity index (χ1) is 7.81. The minimum atomic E-state index is 0.455. The van der Waals surface area contributed by atoms with Gasteiger partial charge in [0.25, 0.3) is 0 Å². The van der Waals surface area contributed by atoms with Gasteiger partial charge in [0.2, 0.25) is 0 Å². The number of hydrogen-bond acceptors (Lipinski definition) is 1. The van der Waals surface area contributed by atoms with Crippen LogP contribution < -0.4 is 0 Å². The van der Waals surface area contributed by atoms with Crippen LogP contribution in [0.3, 0.4) is 0 Å². The van der Waals surface area contributed by atoms with Crippen molar-refractivity contribution in [1.82, 2.24) is 0 Å². The van der Waals surface area contributed by atoms with E-state index in [2.05, 4.69) is 20.4 Å². The van der Waals surface area contributed by atoms with Gasteiger partial charge in [-0.15, -0.1) is 6.58 Å². The van der Waals surface area contributed by atoms with Gasteiger partial charge in [0, 0.05) is 6.61 Å². The zero-order chi connectivity index (χ0) is 12.1. The maximum absolute atomic E-state index is 5.76. The van der Waals surface area contributed by atoms with Crippen molar-refractivity contribution in [3.8, 4) is 0 Å². The van der Waals surface area contributed by atoms with Crippen LogP contribution in [0.25, 0.3) is 0 Å². The van der Waals surface area contributed by atoms with Gasteiger partial charge in [-0.2, -0.15) is 0 Å². The van der Waals surface area contributed by atoms with Crippen molar-refractivity contribution in [2.45, 2.75) is 77.7 Å². The zero-order valence-corrected chi connectivity index (χ0v) is 11.3. The smallest absolute Gasteiger partial charge is 0.0547 e. The molecule has 1 unspecified atom stereocenters. The van der Waals surface area contributed by atoms with Crippen LogP contribution in [-0.2, 0) is 4.74 Å². The van der Waals surface area contributed by atoms with Gasteiger partial charge in [0.1, 0.15) is 0 Å². The highest BCUT2D eigenvalue weighted by atomic mass is 16.5. The average molecular weight is 226 g/mol. The van der Waals surface area contributed by atoms with Crippen molar-refractivity contribution in [2.75, 3.05) is 6.61 Å². The van der Waals surface area contributed by atoms with Crippen LogP contribution in [0.2, 0.25) is 0 Å². The molecule has 0 saturated carbocycles. The molecule has 0 aliphatic carbocycles. The Bertz CT molecular complexity index is 142. The van der Waals surface area contributed by atoms with Crippen LogP contribution in [0.5, 0.6) is 0 Å². The normalized spacial score (nSPS) is 12.6. The summed E-state index contributed by atoms with van der Waals surface area (Å²) in [6.07, 6.45) is 14.0. The van der Waals surface area contributed by atoms with Crippen molar-refractivity contribution >= 4 is 0 Å². The highest BCUT2D eigenvalue weighted by Gasteiger charge is 2.01. The van der Waals surface area contributed by atoms with Crippen LogP contribution in [0.4, 0.5) is 0 Å². The van der Waals surface area contributed by atoms with Gasteiger partial charge in [0.15, 0.2) is 0 Å². The van der Waals surface area contributed by atoms with E-state index in [9.17, 15) is 0 Å².